The van der Waals surface area contributed by atoms with Gasteiger partial charge in [0.1, 0.15) is 0 Å². The highest BCUT2D eigenvalue weighted by molar-refractivity contribution is 5.06. The van der Waals surface area contributed by atoms with Crippen molar-refractivity contribution in [3.63, 3.8) is 0 Å². The third kappa shape index (κ3) is 1.48. The molecule has 0 aromatic carbocycles. The van der Waals surface area contributed by atoms with Crippen LogP contribution in [0, 0.1) is 11.3 Å². The third-order valence-electron chi connectivity index (χ3n) is 3.04. The van der Waals surface area contributed by atoms with Crippen molar-refractivity contribution in [2.24, 2.45) is 11.3 Å². The number of hydrogen-bond acceptors (Lipinski definition) is 1. The molecule has 0 amide bonds. The van der Waals surface area contributed by atoms with Crippen LogP contribution < -0.4 is 0 Å². The summed E-state index contributed by atoms with van der Waals surface area (Å²) in [6.45, 7) is 8.52. The summed E-state index contributed by atoms with van der Waals surface area (Å²) in [5, 5.41) is 9.20. The van der Waals surface area contributed by atoms with Gasteiger partial charge in [-0.3, -0.25) is 0 Å². The molecule has 2 unspecified atom stereocenters. The first-order chi connectivity index (χ1) is 5.10. The Balaban J connectivity index is 2.72. The molecule has 1 aliphatic rings. The molecule has 64 valence electrons. The van der Waals surface area contributed by atoms with Gasteiger partial charge in [-0.15, -0.1) is 0 Å². The maximum atomic E-state index is 9.20. The van der Waals surface area contributed by atoms with Gasteiger partial charge in [0.05, 0.1) is 0 Å². The van der Waals surface area contributed by atoms with Crippen molar-refractivity contribution in [1.29, 1.82) is 0 Å². The summed E-state index contributed by atoms with van der Waals surface area (Å²) in [6.07, 6.45) is 3.61. The lowest BCUT2D eigenvalue weighted by molar-refractivity contribution is 0.117. The van der Waals surface area contributed by atoms with Crippen molar-refractivity contribution < 1.29 is 5.11 Å². The number of allylic oxidation sites excluding steroid dienone is 1. The van der Waals surface area contributed by atoms with E-state index in [0.29, 0.717) is 12.5 Å². The van der Waals surface area contributed by atoms with Crippen LogP contribution in [0.3, 0.4) is 0 Å². The summed E-state index contributed by atoms with van der Waals surface area (Å²) >= 11 is 0. The topological polar surface area (TPSA) is 20.2 Å². The van der Waals surface area contributed by atoms with Crippen LogP contribution in [0.4, 0.5) is 0 Å². The van der Waals surface area contributed by atoms with E-state index < -0.39 is 0 Å². The molecule has 2 atom stereocenters. The van der Waals surface area contributed by atoms with Crippen molar-refractivity contribution in [2.75, 3.05) is 6.61 Å². The Labute approximate surface area is 69.1 Å². The van der Waals surface area contributed by atoms with Crippen LogP contribution in [-0.2, 0) is 0 Å². The quantitative estimate of drug-likeness (QED) is 0.605. The van der Waals surface area contributed by atoms with Gasteiger partial charge >= 0.3 is 0 Å². The average Bonchev–Trinajstić information content (AvgIpc) is 2.32. The zero-order chi connectivity index (χ0) is 8.48. The van der Waals surface area contributed by atoms with Gasteiger partial charge in [0.25, 0.3) is 0 Å². The predicted molar refractivity (Wildman–Crippen MR) is 47.3 cm³/mol. The van der Waals surface area contributed by atoms with E-state index in [4.69, 9.17) is 0 Å². The lowest BCUT2D eigenvalue weighted by Gasteiger charge is -2.29. The highest BCUT2D eigenvalue weighted by atomic mass is 16.3. The van der Waals surface area contributed by atoms with Crippen LogP contribution in [-0.4, -0.2) is 11.7 Å². The zero-order valence-corrected chi connectivity index (χ0v) is 7.56. The third-order valence-corrected chi connectivity index (χ3v) is 3.04. The van der Waals surface area contributed by atoms with E-state index in [2.05, 4.69) is 20.4 Å². The predicted octanol–water partition coefficient (Wildman–Crippen LogP) is 2.36. The molecule has 0 saturated heterocycles. The molecule has 0 aromatic heterocycles. The molecule has 0 radical (unpaired) electrons. The first-order valence-corrected chi connectivity index (χ1v) is 4.36. The van der Waals surface area contributed by atoms with Crippen molar-refractivity contribution in [2.45, 2.75) is 33.1 Å². The van der Waals surface area contributed by atoms with Gasteiger partial charge in [-0.05, 0) is 31.1 Å². The largest absolute Gasteiger partial charge is 0.396 e. The molecule has 1 heteroatoms. The second-order valence-electron chi connectivity index (χ2n) is 4.10. The first-order valence-electron chi connectivity index (χ1n) is 4.36. The fourth-order valence-corrected chi connectivity index (χ4v) is 2.26. The normalized spacial score (nSPS) is 37.5. The highest BCUT2D eigenvalue weighted by Gasteiger charge is 2.38. The van der Waals surface area contributed by atoms with Crippen LogP contribution in [0.15, 0.2) is 12.2 Å². The molecule has 0 aromatic rings. The molecule has 1 saturated carbocycles. The Bertz CT molecular complexity index is 162. The second-order valence-corrected chi connectivity index (χ2v) is 4.10. The lowest BCUT2D eigenvalue weighted by atomic mass is 9.77. The molecule has 1 N–H and O–H groups in total. The Morgan fingerprint density at radius 3 is 2.73 bits per heavy atom. The van der Waals surface area contributed by atoms with E-state index in [1.165, 1.54) is 18.4 Å². The van der Waals surface area contributed by atoms with Gasteiger partial charge in [0.2, 0.25) is 0 Å². The van der Waals surface area contributed by atoms with Gasteiger partial charge in [-0.1, -0.05) is 25.5 Å². The van der Waals surface area contributed by atoms with E-state index >= 15 is 0 Å². The molecule has 0 aliphatic heterocycles. The number of rotatable bonds is 2. The fourth-order valence-electron chi connectivity index (χ4n) is 2.26. The van der Waals surface area contributed by atoms with E-state index in [9.17, 15) is 5.11 Å². The monoisotopic (exact) mass is 154 g/mol. The zero-order valence-electron chi connectivity index (χ0n) is 7.56. The number of hydrogen-bond donors (Lipinski definition) is 1. The summed E-state index contributed by atoms with van der Waals surface area (Å²) < 4.78 is 0. The van der Waals surface area contributed by atoms with Crippen molar-refractivity contribution >= 4 is 0 Å². The van der Waals surface area contributed by atoms with Crippen LogP contribution in [0.5, 0.6) is 0 Å². The van der Waals surface area contributed by atoms with E-state index in [1.54, 1.807) is 0 Å². The molecule has 1 aliphatic carbocycles. The molecule has 0 heterocycles. The minimum atomic E-state index is 0.131. The molecule has 1 nitrogen and oxygen atoms in total. The summed E-state index contributed by atoms with van der Waals surface area (Å²) in [4.78, 5) is 0. The highest BCUT2D eigenvalue weighted by Crippen LogP contribution is 2.45. The Morgan fingerprint density at radius 1 is 1.73 bits per heavy atom. The summed E-state index contributed by atoms with van der Waals surface area (Å²) in [7, 11) is 0. The van der Waals surface area contributed by atoms with Crippen molar-refractivity contribution in [3.05, 3.63) is 12.2 Å². The van der Waals surface area contributed by atoms with Gasteiger partial charge in [0.15, 0.2) is 0 Å². The smallest absolute Gasteiger partial charge is 0.0490 e. The fraction of sp³-hybridized carbons (Fsp3) is 0.800. The summed E-state index contributed by atoms with van der Waals surface area (Å²) in [5.41, 5.74) is 1.37. The molecular weight excluding hydrogens is 136 g/mol. The van der Waals surface area contributed by atoms with Crippen molar-refractivity contribution in [3.8, 4) is 0 Å². The molecule has 0 bridgehead atoms. The summed E-state index contributed by atoms with van der Waals surface area (Å²) in [5.74, 6) is 0.549. The van der Waals surface area contributed by atoms with Crippen LogP contribution in [0.2, 0.25) is 0 Å². The van der Waals surface area contributed by atoms with Crippen molar-refractivity contribution in [1.82, 2.24) is 0 Å². The number of aliphatic hydroxyl groups is 1. The Kier molecular flexibility index (Phi) is 2.38. The van der Waals surface area contributed by atoms with E-state index in [-0.39, 0.29) is 5.41 Å². The molecule has 1 rings (SSSR count). The summed E-state index contributed by atoms with van der Waals surface area (Å²) in [6, 6.07) is 0. The molecule has 1 fully saturated rings. The maximum absolute atomic E-state index is 9.20. The second kappa shape index (κ2) is 2.98. The number of aliphatic hydroxyl groups excluding tert-OH is 1. The van der Waals surface area contributed by atoms with Gasteiger partial charge in [0, 0.05) is 6.61 Å². The first kappa shape index (κ1) is 8.79. The van der Waals surface area contributed by atoms with Gasteiger partial charge in [-0.2, -0.15) is 0 Å². The van der Waals surface area contributed by atoms with Gasteiger partial charge in [-0.25, -0.2) is 0 Å². The molecule has 11 heavy (non-hydrogen) atoms. The molecular formula is C10H18O. The maximum Gasteiger partial charge on any atom is 0.0490 e. The van der Waals surface area contributed by atoms with Crippen LogP contribution >= 0.6 is 0 Å². The van der Waals surface area contributed by atoms with E-state index in [0.717, 1.165) is 6.42 Å². The minimum absolute atomic E-state index is 0.131. The minimum Gasteiger partial charge on any atom is -0.396 e. The SMILES string of the molecule is C=C(C)C1CCCC1(C)CO. The molecule has 0 spiro atoms. The Morgan fingerprint density at radius 2 is 2.36 bits per heavy atom. The Hall–Kier alpha value is -0.300. The van der Waals surface area contributed by atoms with E-state index in [1.807, 2.05) is 0 Å². The standard InChI is InChI=1S/C10H18O/c1-8(2)9-5-4-6-10(9,3)7-11/h9,11H,1,4-7H2,2-3H3. The average molecular weight is 154 g/mol. The van der Waals surface area contributed by atoms with Gasteiger partial charge < -0.3 is 5.11 Å². The lowest BCUT2D eigenvalue weighted by Crippen LogP contribution is -2.26. The van der Waals surface area contributed by atoms with Crippen LogP contribution in [0.1, 0.15) is 33.1 Å². The van der Waals surface area contributed by atoms with Crippen LogP contribution in [0.25, 0.3) is 0 Å².